The van der Waals surface area contributed by atoms with Crippen LogP contribution in [0.15, 0.2) is 0 Å². The first-order chi connectivity index (χ1) is 48.7. The summed E-state index contributed by atoms with van der Waals surface area (Å²) in [6, 6.07) is -1.04. The van der Waals surface area contributed by atoms with Gasteiger partial charge >= 0.3 is 12.1 Å². The van der Waals surface area contributed by atoms with Crippen LogP contribution in [0.25, 0.3) is 0 Å². The SMILES string of the molecule is COCCOCCNC(=O)C(CCCCCC(=O)OCC(COCCOCCOCCOC)(COCCOCCOCCOC)COCCOCCOCCOC)NC(=O)OCC(COCCOCCOCCOC)(COCCOCCOCCOC)COCCOCCOCCOC. The van der Waals surface area contributed by atoms with E-state index < -0.39 is 34.8 Å². The van der Waals surface area contributed by atoms with Gasteiger partial charge in [-0.2, -0.15) is 0 Å². The monoisotopic (exact) mass is 1450 g/mol. The minimum absolute atomic E-state index is 0.0235. The highest BCUT2D eigenvalue weighted by atomic mass is 16.6. The predicted molar refractivity (Wildman–Crippen MR) is 359 cm³/mol. The Bertz CT molecular complexity index is 1560. The Hall–Kier alpha value is -2.83. The molecular weight excluding hydrogens is 1320 g/mol. The van der Waals surface area contributed by atoms with Crippen molar-refractivity contribution in [3.05, 3.63) is 0 Å². The number of esters is 1. The van der Waals surface area contributed by atoms with Gasteiger partial charge < -0.3 is 143 Å². The molecule has 0 aliphatic heterocycles. The second-order valence-corrected chi connectivity index (χ2v) is 22.1. The maximum absolute atomic E-state index is 14.0. The van der Waals surface area contributed by atoms with Crippen molar-refractivity contribution in [3.8, 4) is 0 Å². The van der Waals surface area contributed by atoms with Gasteiger partial charge in [-0.15, -0.1) is 0 Å². The molecule has 33 heteroatoms. The molecule has 0 bridgehead atoms. The Balaban J connectivity index is 6.35. The van der Waals surface area contributed by atoms with Gasteiger partial charge in [0, 0.05) is 62.7 Å². The van der Waals surface area contributed by atoms with Crippen LogP contribution in [0, 0.1) is 10.8 Å². The van der Waals surface area contributed by atoms with Crippen molar-refractivity contribution in [1.29, 1.82) is 0 Å². The quantitative estimate of drug-likeness (QED) is 0.0644. The smallest absolute Gasteiger partial charge is 0.407 e. The number of methoxy groups -OCH3 is 7. The van der Waals surface area contributed by atoms with E-state index in [0.717, 1.165) is 0 Å². The lowest BCUT2D eigenvalue weighted by Gasteiger charge is -2.33. The van der Waals surface area contributed by atoms with Crippen molar-refractivity contribution < 1.29 is 147 Å². The minimum Gasteiger partial charge on any atom is -0.465 e. The van der Waals surface area contributed by atoms with Gasteiger partial charge in [0.25, 0.3) is 0 Å². The first-order valence-electron chi connectivity index (χ1n) is 34.5. The second-order valence-electron chi connectivity index (χ2n) is 22.1. The van der Waals surface area contributed by atoms with Gasteiger partial charge in [0.05, 0.1) is 308 Å². The van der Waals surface area contributed by atoms with Crippen molar-refractivity contribution in [2.45, 2.75) is 38.1 Å². The van der Waals surface area contributed by atoms with E-state index in [1.54, 1.807) is 49.8 Å². The molecule has 2 amide bonds. The highest BCUT2D eigenvalue weighted by Crippen LogP contribution is 2.23. The van der Waals surface area contributed by atoms with Crippen LogP contribution in [0.4, 0.5) is 4.79 Å². The highest BCUT2D eigenvalue weighted by Gasteiger charge is 2.36. The van der Waals surface area contributed by atoms with Crippen LogP contribution in [0.2, 0.25) is 0 Å². The summed E-state index contributed by atoms with van der Waals surface area (Å²) in [6.45, 7) is 14.1. The molecule has 0 saturated heterocycles. The van der Waals surface area contributed by atoms with E-state index in [0.29, 0.717) is 191 Å². The summed E-state index contributed by atoms with van der Waals surface area (Å²) in [5, 5.41) is 5.63. The molecule has 0 aliphatic rings. The lowest BCUT2D eigenvalue weighted by Crippen LogP contribution is -2.49. The molecular formula is C66H130N2O31. The van der Waals surface area contributed by atoms with Crippen LogP contribution in [0.3, 0.4) is 0 Å². The standard InChI is InChI=1S/C66H130N2O31/c1-72-15-22-79-14-13-67-63(70)61(68-64(71)99-60-66(56-95-50-44-89-38-32-83-26-19-76-5,57-96-51-45-90-39-33-84-27-20-77-6)58-97-52-46-91-40-34-85-28-21-78-7)11-9-8-10-12-62(69)98-59-65(53-92-47-41-86-35-29-80-23-16-73-2,54-93-48-42-87-36-30-81-24-17-74-3)55-94-49-43-88-37-31-82-25-18-75-4/h61H,8-60H2,1-7H3,(H,67,70)(H,68,71). The Morgan fingerprint density at radius 3 is 0.758 bits per heavy atom. The van der Waals surface area contributed by atoms with E-state index in [1.807, 2.05) is 0 Å². The van der Waals surface area contributed by atoms with E-state index in [9.17, 15) is 14.4 Å². The van der Waals surface area contributed by atoms with Crippen LogP contribution in [-0.4, -0.2) is 391 Å². The number of amides is 2. The predicted octanol–water partition coefficient (Wildman–Crippen LogP) is 1.50. The first kappa shape index (κ1) is 96.2. The molecule has 0 aliphatic carbocycles. The summed E-state index contributed by atoms with van der Waals surface area (Å²) in [5.41, 5.74) is -2.02. The van der Waals surface area contributed by atoms with Gasteiger partial charge in [0.15, 0.2) is 0 Å². The Labute approximate surface area is 589 Å². The Morgan fingerprint density at radius 2 is 0.495 bits per heavy atom. The summed E-state index contributed by atoms with van der Waals surface area (Å²) in [4.78, 5) is 41.5. The highest BCUT2D eigenvalue weighted by molar-refractivity contribution is 5.85. The molecule has 0 heterocycles. The molecule has 1 unspecified atom stereocenters. The van der Waals surface area contributed by atoms with E-state index in [2.05, 4.69) is 10.6 Å². The molecule has 0 aromatic heterocycles. The van der Waals surface area contributed by atoms with Crippen molar-refractivity contribution in [3.63, 3.8) is 0 Å². The fourth-order valence-corrected chi connectivity index (χ4v) is 8.11. The van der Waals surface area contributed by atoms with E-state index in [-0.39, 0.29) is 158 Å². The van der Waals surface area contributed by atoms with Crippen molar-refractivity contribution in [2.24, 2.45) is 10.8 Å². The molecule has 0 aromatic carbocycles. The number of hydrogen-bond acceptors (Lipinski definition) is 31. The number of carbonyl (C=O) groups is 3. The molecule has 0 radical (unpaired) electrons. The zero-order valence-corrected chi connectivity index (χ0v) is 61.2. The molecule has 33 nitrogen and oxygen atoms in total. The van der Waals surface area contributed by atoms with E-state index >= 15 is 0 Å². The topological polar surface area (TPSA) is 334 Å². The number of ether oxygens (including phenoxy) is 28. The third-order valence-corrected chi connectivity index (χ3v) is 13.5. The van der Waals surface area contributed by atoms with Gasteiger partial charge in [0.1, 0.15) is 19.3 Å². The van der Waals surface area contributed by atoms with Gasteiger partial charge in [-0.3, -0.25) is 9.59 Å². The normalized spacial score (nSPS) is 12.2. The summed E-state index contributed by atoms with van der Waals surface area (Å²) in [5.74, 6) is -0.920. The third kappa shape index (κ3) is 66.8. The Morgan fingerprint density at radius 1 is 0.263 bits per heavy atom. The number of unbranched alkanes of at least 4 members (excludes halogenated alkanes) is 2. The molecule has 590 valence electrons. The number of nitrogens with one attached hydrogen (secondary N) is 2. The van der Waals surface area contributed by atoms with E-state index in [4.69, 9.17) is 133 Å². The molecule has 0 spiro atoms. The molecule has 0 saturated carbocycles. The molecule has 1 atom stereocenters. The fraction of sp³-hybridized carbons (Fsp3) is 0.955. The van der Waals surface area contributed by atoms with Gasteiger partial charge in [0.2, 0.25) is 5.91 Å². The van der Waals surface area contributed by atoms with Crippen LogP contribution in [-0.2, 0) is 142 Å². The van der Waals surface area contributed by atoms with Crippen molar-refractivity contribution >= 4 is 18.0 Å². The summed E-state index contributed by atoms with van der Waals surface area (Å²) in [7, 11) is 11.2. The van der Waals surface area contributed by atoms with Crippen molar-refractivity contribution in [1.82, 2.24) is 10.6 Å². The average Bonchev–Trinajstić information content (AvgIpc) is 0.908. The molecule has 0 rings (SSSR count). The number of hydrogen-bond donors (Lipinski definition) is 2. The third-order valence-electron chi connectivity index (χ3n) is 13.5. The van der Waals surface area contributed by atoms with Crippen molar-refractivity contribution in [2.75, 3.05) is 367 Å². The molecule has 99 heavy (non-hydrogen) atoms. The largest absolute Gasteiger partial charge is 0.465 e. The maximum Gasteiger partial charge on any atom is 0.407 e. The zero-order chi connectivity index (χ0) is 72.0. The number of rotatable bonds is 84. The fourth-order valence-electron chi connectivity index (χ4n) is 8.11. The number of alkyl carbamates (subject to hydrolysis) is 1. The Kier molecular flexibility index (Phi) is 75.6. The first-order valence-corrected chi connectivity index (χ1v) is 34.5. The van der Waals surface area contributed by atoms with Gasteiger partial charge in [-0.25, -0.2) is 4.79 Å². The van der Waals surface area contributed by atoms with Crippen LogP contribution in [0.1, 0.15) is 32.1 Å². The molecule has 0 fully saturated rings. The van der Waals surface area contributed by atoms with Gasteiger partial charge in [-0.1, -0.05) is 12.8 Å². The second kappa shape index (κ2) is 77.8. The molecule has 2 N–H and O–H groups in total. The lowest BCUT2D eigenvalue weighted by molar-refractivity contribution is -0.157. The minimum atomic E-state index is -1.06. The number of carbonyl (C=O) groups excluding carboxylic acids is 3. The van der Waals surface area contributed by atoms with E-state index in [1.165, 1.54) is 0 Å². The summed E-state index contributed by atoms with van der Waals surface area (Å²) in [6.07, 6.45) is 0.720. The average molecular weight is 1450 g/mol. The van der Waals surface area contributed by atoms with Crippen LogP contribution >= 0.6 is 0 Å². The lowest BCUT2D eigenvalue weighted by atomic mass is 9.92. The van der Waals surface area contributed by atoms with Gasteiger partial charge in [-0.05, 0) is 12.8 Å². The molecule has 0 aromatic rings. The zero-order valence-electron chi connectivity index (χ0n) is 61.2. The van der Waals surface area contributed by atoms with Crippen LogP contribution in [0.5, 0.6) is 0 Å². The van der Waals surface area contributed by atoms with Crippen LogP contribution < -0.4 is 10.6 Å². The summed E-state index contributed by atoms with van der Waals surface area (Å²) >= 11 is 0. The summed E-state index contributed by atoms with van der Waals surface area (Å²) < 4.78 is 157. The maximum atomic E-state index is 14.0.